The Hall–Kier alpha value is -2.80. The van der Waals surface area contributed by atoms with E-state index in [-0.39, 0.29) is 11.3 Å². The molecule has 0 aliphatic carbocycles. The highest BCUT2D eigenvalue weighted by atomic mass is 16.4. The second kappa shape index (κ2) is 5.77. The maximum Gasteiger partial charge on any atom is 0.339 e. The van der Waals surface area contributed by atoms with Crippen molar-refractivity contribution in [1.82, 2.24) is 0 Å². The molecule has 0 spiro atoms. The molecule has 0 aliphatic rings. The van der Waals surface area contributed by atoms with Crippen LogP contribution in [0.5, 0.6) is 5.75 Å². The van der Waals surface area contributed by atoms with Crippen LogP contribution in [0.15, 0.2) is 30.3 Å². The third-order valence-corrected chi connectivity index (χ3v) is 3.88. The monoisotopic (exact) mass is 309 g/mol. The van der Waals surface area contributed by atoms with E-state index in [9.17, 15) is 15.0 Å². The molecule has 118 valence electrons. The molecule has 2 aromatic rings. The lowest BCUT2D eigenvalue weighted by atomic mass is 9.81. The molecule has 0 amide bonds. The second-order valence-corrected chi connectivity index (χ2v) is 6.57. The van der Waals surface area contributed by atoms with E-state index in [0.29, 0.717) is 22.3 Å². The fourth-order valence-corrected chi connectivity index (χ4v) is 2.66. The molecule has 0 aliphatic heterocycles. The number of aromatic carboxylic acids is 1. The zero-order valence-corrected chi connectivity index (χ0v) is 13.6. The average Bonchev–Trinajstić information content (AvgIpc) is 2.45. The SMILES string of the molecule is Cc1c(-c2cccc(C#N)c2)cc(C(C)(C)C)c(O)c1C(=O)O. The van der Waals surface area contributed by atoms with Crippen LogP contribution in [0.2, 0.25) is 0 Å². The molecular weight excluding hydrogens is 290 g/mol. The number of benzene rings is 2. The number of carboxylic acids is 1. The van der Waals surface area contributed by atoms with Gasteiger partial charge >= 0.3 is 5.97 Å². The Morgan fingerprint density at radius 2 is 1.87 bits per heavy atom. The van der Waals surface area contributed by atoms with Gasteiger partial charge in [-0.15, -0.1) is 0 Å². The summed E-state index contributed by atoms with van der Waals surface area (Å²) in [7, 11) is 0. The summed E-state index contributed by atoms with van der Waals surface area (Å²) in [5, 5.41) is 29.0. The van der Waals surface area contributed by atoms with Gasteiger partial charge in [0.25, 0.3) is 0 Å². The lowest BCUT2D eigenvalue weighted by Gasteiger charge is -2.24. The molecule has 0 bridgehead atoms. The number of hydrogen-bond donors (Lipinski definition) is 2. The first-order chi connectivity index (χ1) is 10.7. The van der Waals surface area contributed by atoms with E-state index in [0.717, 1.165) is 5.56 Å². The number of nitrogens with zero attached hydrogens (tertiary/aromatic N) is 1. The van der Waals surface area contributed by atoms with Crippen LogP contribution in [0.4, 0.5) is 0 Å². The fraction of sp³-hybridized carbons (Fsp3) is 0.263. The molecule has 0 heterocycles. The summed E-state index contributed by atoms with van der Waals surface area (Å²) in [6, 6.07) is 10.9. The van der Waals surface area contributed by atoms with E-state index >= 15 is 0 Å². The van der Waals surface area contributed by atoms with E-state index in [1.165, 1.54) is 0 Å². The van der Waals surface area contributed by atoms with Gasteiger partial charge in [-0.3, -0.25) is 0 Å². The van der Waals surface area contributed by atoms with Crippen LogP contribution < -0.4 is 0 Å². The Morgan fingerprint density at radius 1 is 1.22 bits per heavy atom. The van der Waals surface area contributed by atoms with Gasteiger partial charge in [0, 0.05) is 5.56 Å². The van der Waals surface area contributed by atoms with Crippen LogP contribution in [-0.2, 0) is 5.41 Å². The summed E-state index contributed by atoms with van der Waals surface area (Å²) in [5.74, 6) is -1.36. The fourth-order valence-electron chi connectivity index (χ4n) is 2.66. The Balaban J connectivity index is 2.86. The van der Waals surface area contributed by atoms with Crippen LogP contribution in [0.3, 0.4) is 0 Å². The Kier molecular flexibility index (Phi) is 4.16. The highest BCUT2D eigenvalue weighted by Crippen LogP contribution is 2.40. The third-order valence-electron chi connectivity index (χ3n) is 3.88. The Bertz CT molecular complexity index is 824. The minimum absolute atomic E-state index is 0.0882. The average molecular weight is 309 g/mol. The molecule has 23 heavy (non-hydrogen) atoms. The van der Waals surface area contributed by atoms with Crippen molar-refractivity contribution in [3.63, 3.8) is 0 Å². The van der Waals surface area contributed by atoms with Gasteiger partial charge < -0.3 is 10.2 Å². The largest absolute Gasteiger partial charge is 0.507 e. The zero-order chi connectivity index (χ0) is 17.4. The van der Waals surface area contributed by atoms with Gasteiger partial charge in [-0.05, 0) is 47.2 Å². The highest BCUT2D eigenvalue weighted by Gasteiger charge is 2.26. The molecule has 0 saturated heterocycles. The maximum absolute atomic E-state index is 11.6. The molecule has 4 nitrogen and oxygen atoms in total. The highest BCUT2D eigenvalue weighted by molar-refractivity contribution is 5.96. The predicted molar refractivity (Wildman–Crippen MR) is 88.7 cm³/mol. The minimum Gasteiger partial charge on any atom is -0.507 e. The van der Waals surface area contributed by atoms with Crippen LogP contribution in [0.25, 0.3) is 11.1 Å². The molecule has 4 heteroatoms. The van der Waals surface area contributed by atoms with Crippen LogP contribution in [0, 0.1) is 18.3 Å². The predicted octanol–water partition coefficient (Wildman–Crippen LogP) is 4.24. The van der Waals surface area contributed by atoms with Crippen molar-refractivity contribution in [3.05, 3.63) is 52.6 Å². The molecular formula is C19H19NO3. The minimum atomic E-state index is -1.16. The van der Waals surface area contributed by atoms with Gasteiger partial charge in [-0.2, -0.15) is 5.26 Å². The zero-order valence-electron chi connectivity index (χ0n) is 13.6. The number of phenols is 1. The number of nitriles is 1. The van der Waals surface area contributed by atoms with Crippen molar-refractivity contribution < 1.29 is 15.0 Å². The summed E-state index contributed by atoms with van der Waals surface area (Å²) in [6.45, 7) is 7.42. The van der Waals surface area contributed by atoms with Crippen LogP contribution >= 0.6 is 0 Å². The van der Waals surface area contributed by atoms with Crippen molar-refractivity contribution >= 4 is 5.97 Å². The van der Waals surface area contributed by atoms with Crippen molar-refractivity contribution in [2.24, 2.45) is 0 Å². The summed E-state index contributed by atoms with van der Waals surface area (Å²) in [4.78, 5) is 11.6. The smallest absolute Gasteiger partial charge is 0.339 e. The first-order valence-electron chi connectivity index (χ1n) is 7.27. The van der Waals surface area contributed by atoms with Gasteiger partial charge in [0.15, 0.2) is 0 Å². The summed E-state index contributed by atoms with van der Waals surface area (Å²) < 4.78 is 0. The first-order valence-corrected chi connectivity index (χ1v) is 7.27. The molecule has 0 aromatic heterocycles. The Labute approximate surface area is 135 Å². The lowest BCUT2D eigenvalue weighted by Crippen LogP contribution is -2.15. The summed E-state index contributed by atoms with van der Waals surface area (Å²) in [6.07, 6.45) is 0. The van der Waals surface area contributed by atoms with Crippen LogP contribution in [0.1, 0.15) is 47.8 Å². The van der Waals surface area contributed by atoms with Crippen molar-refractivity contribution in [1.29, 1.82) is 5.26 Å². The molecule has 0 radical (unpaired) electrons. The Morgan fingerprint density at radius 3 is 2.39 bits per heavy atom. The maximum atomic E-state index is 11.6. The topological polar surface area (TPSA) is 81.3 Å². The van der Waals surface area contributed by atoms with Gasteiger partial charge in [0.1, 0.15) is 11.3 Å². The molecule has 0 unspecified atom stereocenters. The van der Waals surface area contributed by atoms with Crippen molar-refractivity contribution in [3.8, 4) is 22.9 Å². The summed E-state index contributed by atoms with van der Waals surface area (Å²) >= 11 is 0. The normalized spacial score (nSPS) is 11.1. The van der Waals surface area contributed by atoms with E-state index < -0.39 is 11.4 Å². The van der Waals surface area contributed by atoms with Gasteiger partial charge in [-0.1, -0.05) is 32.9 Å². The third kappa shape index (κ3) is 3.04. The van der Waals surface area contributed by atoms with Crippen molar-refractivity contribution in [2.45, 2.75) is 33.1 Å². The van der Waals surface area contributed by atoms with E-state index in [2.05, 4.69) is 6.07 Å². The van der Waals surface area contributed by atoms with E-state index in [1.807, 2.05) is 32.9 Å². The van der Waals surface area contributed by atoms with E-state index in [4.69, 9.17) is 5.26 Å². The number of hydrogen-bond acceptors (Lipinski definition) is 3. The molecule has 2 rings (SSSR count). The van der Waals surface area contributed by atoms with Gasteiger partial charge in [-0.25, -0.2) is 4.79 Å². The van der Waals surface area contributed by atoms with Crippen molar-refractivity contribution in [2.75, 3.05) is 0 Å². The molecule has 0 saturated carbocycles. The molecule has 0 atom stereocenters. The first kappa shape index (κ1) is 16.6. The number of carboxylic acid groups (broad SMARTS) is 1. The molecule has 2 aromatic carbocycles. The van der Waals surface area contributed by atoms with E-state index in [1.54, 1.807) is 25.1 Å². The standard InChI is InChI=1S/C19H19NO3/c1-11-14(13-7-5-6-12(8-13)10-20)9-15(19(2,3)4)17(21)16(11)18(22)23/h5-9,21H,1-4H3,(H,22,23). The number of aromatic hydroxyl groups is 1. The summed E-state index contributed by atoms with van der Waals surface area (Å²) in [5.41, 5.74) is 2.52. The van der Waals surface area contributed by atoms with Crippen LogP contribution in [-0.4, -0.2) is 16.2 Å². The number of carbonyl (C=O) groups is 1. The number of rotatable bonds is 2. The van der Waals surface area contributed by atoms with Gasteiger partial charge in [0.05, 0.1) is 11.6 Å². The lowest BCUT2D eigenvalue weighted by molar-refractivity contribution is 0.0692. The molecule has 0 fully saturated rings. The van der Waals surface area contributed by atoms with Gasteiger partial charge in [0.2, 0.25) is 0 Å². The molecule has 2 N–H and O–H groups in total. The quantitative estimate of drug-likeness (QED) is 0.869. The second-order valence-electron chi connectivity index (χ2n) is 6.57.